The van der Waals surface area contributed by atoms with Crippen molar-refractivity contribution in [3.05, 3.63) is 62.6 Å². The topological polar surface area (TPSA) is 126 Å². The summed E-state index contributed by atoms with van der Waals surface area (Å²) in [4.78, 5) is 29.6. The molecule has 0 saturated carbocycles. The quantitative estimate of drug-likeness (QED) is 0.445. The molecule has 0 radical (unpaired) electrons. The van der Waals surface area contributed by atoms with Gasteiger partial charge in [0.2, 0.25) is 5.95 Å². The minimum atomic E-state index is -3.64. The first kappa shape index (κ1) is 21.8. The van der Waals surface area contributed by atoms with E-state index in [9.17, 15) is 18.0 Å². The van der Waals surface area contributed by atoms with Gasteiger partial charge in [0.15, 0.2) is 0 Å². The average molecular weight is 508 g/mol. The minimum Gasteiger partial charge on any atom is -0.336 e. The highest BCUT2D eigenvalue weighted by atomic mass is 35.5. The van der Waals surface area contributed by atoms with Crippen molar-refractivity contribution in [3.8, 4) is 5.95 Å². The first-order chi connectivity index (χ1) is 15.8. The fraction of sp³-hybridized carbons (Fsp3) is 0.263. The van der Waals surface area contributed by atoms with Crippen LogP contribution < -0.4 is 5.56 Å². The predicted octanol–water partition coefficient (Wildman–Crippen LogP) is 1.38. The number of rotatable bonds is 4. The van der Waals surface area contributed by atoms with E-state index in [1.54, 1.807) is 36.2 Å². The molecule has 0 aliphatic carbocycles. The van der Waals surface area contributed by atoms with E-state index >= 15 is 0 Å². The number of thiophene rings is 1. The third kappa shape index (κ3) is 3.76. The van der Waals surface area contributed by atoms with Crippen molar-refractivity contribution in [1.82, 2.24) is 33.6 Å². The standard InChI is InChI=1S/C19H18ClN7O4S2/c1-12-13(11-21-27(12)19-22-17(28)14-3-2-6-26(14)23-19)18(29)24-7-9-25(10-8-24)33(30,31)16-5-4-15(20)32-16/h2-6,11H,7-10H2,1H3,(H,22,23,28). The van der Waals surface area contributed by atoms with Gasteiger partial charge in [-0.15, -0.1) is 16.4 Å². The molecule has 0 unspecified atom stereocenters. The van der Waals surface area contributed by atoms with Gasteiger partial charge in [0.05, 0.1) is 21.8 Å². The molecule has 1 aliphatic heterocycles. The zero-order valence-electron chi connectivity index (χ0n) is 17.3. The lowest BCUT2D eigenvalue weighted by atomic mass is 10.2. The van der Waals surface area contributed by atoms with Crippen molar-refractivity contribution in [2.24, 2.45) is 0 Å². The zero-order valence-corrected chi connectivity index (χ0v) is 19.7. The first-order valence-electron chi connectivity index (χ1n) is 9.93. The number of hydrogen-bond donors (Lipinski definition) is 1. The Morgan fingerprint density at radius 2 is 1.94 bits per heavy atom. The van der Waals surface area contributed by atoms with Crippen molar-refractivity contribution in [2.45, 2.75) is 11.1 Å². The SMILES string of the molecule is Cc1c(C(=O)N2CCN(S(=O)(=O)c3ccc(Cl)s3)CC2)cnn1-c1nn2cccc2c(=O)[nH]1. The number of nitrogens with zero attached hydrogens (tertiary/aromatic N) is 6. The molecule has 172 valence electrons. The molecule has 0 atom stereocenters. The summed E-state index contributed by atoms with van der Waals surface area (Å²) in [6.07, 6.45) is 3.07. The Balaban J connectivity index is 1.34. The van der Waals surface area contributed by atoms with Crippen LogP contribution >= 0.6 is 22.9 Å². The van der Waals surface area contributed by atoms with Crippen molar-refractivity contribution >= 4 is 44.4 Å². The molecule has 1 aliphatic rings. The van der Waals surface area contributed by atoms with E-state index in [0.717, 1.165) is 11.3 Å². The smallest absolute Gasteiger partial charge is 0.276 e. The normalized spacial score (nSPS) is 15.4. The Kier molecular flexibility index (Phi) is 5.35. The lowest BCUT2D eigenvalue weighted by Gasteiger charge is -2.33. The third-order valence-corrected chi connectivity index (χ3v) is 9.10. The van der Waals surface area contributed by atoms with E-state index < -0.39 is 10.0 Å². The van der Waals surface area contributed by atoms with Crippen molar-refractivity contribution < 1.29 is 13.2 Å². The van der Waals surface area contributed by atoms with E-state index in [4.69, 9.17) is 11.6 Å². The van der Waals surface area contributed by atoms with Gasteiger partial charge >= 0.3 is 0 Å². The van der Waals surface area contributed by atoms with Gasteiger partial charge in [-0.3, -0.25) is 14.6 Å². The number of piperazine rings is 1. The van der Waals surface area contributed by atoms with Crippen molar-refractivity contribution in [1.29, 1.82) is 0 Å². The minimum absolute atomic E-state index is 0.177. The summed E-state index contributed by atoms with van der Waals surface area (Å²) in [6.45, 7) is 2.55. The molecule has 1 fully saturated rings. The van der Waals surface area contributed by atoms with Crippen LogP contribution in [0, 0.1) is 6.92 Å². The molecule has 33 heavy (non-hydrogen) atoms. The van der Waals surface area contributed by atoms with Gasteiger partial charge in [0.1, 0.15) is 9.73 Å². The maximum Gasteiger partial charge on any atom is 0.276 e. The fourth-order valence-electron chi connectivity index (χ4n) is 3.73. The number of fused-ring (bicyclic) bond motifs is 1. The summed E-state index contributed by atoms with van der Waals surface area (Å²) in [5.74, 6) is -0.0786. The Bertz CT molecular complexity index is 1530. The lowest BCUT2D eigenvalue weighted by Crippen LogP contribution is -2.50. The zero-order chi connectivity index (χ0) is 23.3. The summed E-state index contributed by atoms with van der Waals surface area (Å²) in [5.41, 5.74) is 0.944. The van der Waals surface area contributed by atoms with Crippen LogP contribution in [0.4, 0.5) is 0 Å². The second-order valence-corrected chi connectivity index (χ2v) is 11.3. The van der Waals surface area contributed by atoms with E-state index in [-0.39, 0.29) is 47.8 Å². The molecule has 11 nitrogen and oxygen atoms in total. The van der Waals surface area contributed by atoms with Crippen LogP contribution in [0.25, 0.3) is 11.5 Å². The molecule has 14 heteroatoms. The second kappa shape index (κ2) is 8.09. The summed E-state index contributed by atoms with van der Waals surface area (Å²) in [6, 6.07) is 6.39. The number of amides is 1. The molecule has 4 aromatic rings. The van der Waals surface area contributed by atoms with Crippen LogP contribution in [0.1, 0.15) is 16.1 Å². The second-order valence-electron chi connectivity index (χ2n) is 7.43. The largest absolute Gasteiger partial charge is 0.336 e. The summed E-state index contributed by atoms with van der Waals surface area (Å²) in [5, 5.41) is 8.57. The number of carbonyl (C=O) groups excluding carboxylic acids is 1. The van der Waals surface area contributed by atoms with Gasteiger partial charge in [-0.05, 0) is 31.2 Å². The van der Waals surface area contributed by atoms with Crippen molar-refractivity contribution in [2.75, 3.05) is 26.2 Å². The molecular weight excluding hydrogens is 490 g/mol. The van der Waals surface area contributed by atoms with Crippen LogP contribution in [0.2, 0.25) is 4.34 Å². The summed E-state index contributed by atoms with van der Waals surface area (Å²) in [7, 11) is -3.64. The monoisotopic (exact) mass is 507 g/mol. The molecule has 0 bridgehead atoms. The molecule has 1 N–H and O–H groups in total. The van der Waals surface area contributed by atoms with Crippen LogP contribution in [0.5, 0.6) is 0 Å². The Hall–Kier alpha value is -3.00. The fourth-order valence-corrected chi connectivity index (χ4v) is 6.79. The van der Waals surface area contributed by atoms with E-state index in [0.29, 0.717) is 21.1 Å². The maximum atomic E-state index is 13.1. The highest BCUT2D eigenvalue weighted by molar-refractivity contribution is 7.91. The van der Waals surface area contributed by atoms with Crippen LogP contribution in [0.3, 0.4) is 0 Å². The van der Waals surface area contributed by atoms with Crippen LogP contribution in [0.15, 0.2) is 45.7 Å². The highest BCUT2D eigenvalue weighted by Crippen LogP contribution is 2.28. The lowest BCUT2D eigenvalue weighted by molar-refractivity contribution is 0.0697. The summed E-state index contributed by atoms with van der Waals surface area (Å²) >= 11 is 6.89. The van der Waals surface area contributed by atoms with Crippen LogP contribution in [-0.2, 0) is 10.0 Å². The number of nitrogens with one attached hydrogen (secondary N) is 1. The molecule has 4 aromatic heterocycles. The van der Waals surface area contributed by atoms with Gasteiger partial charge < -0.3 is 4.90 Å². The van der Waals surface area contributed by atoms with Gasteiger partial charge in [0.25, 0.3) is 21.5 Å². The number of carbonyl (C=O) groups is 1. The Labute approximate surface area is 196 Å². The van der Waals surface area contributed by atoms with E-state index in [2.05, 4.69) is 15.2 Å². The van der Waals surface area contributed by atoms with E-state index in [1.165, 1.54) is 25.8 Å². The maximum absolute atomic E-state index is 13.1. The molecule has 5 rings (SSSR count). The Morgan fingerprint density at radius 1 is 1.18 bits per heavy atom. The molecule has 0 spiro atoms. The number of hydrogen-bond acceptors (Lipinski definition) is 7. The number of aromatic amines is 1. The predicted molar refractivity (Wildman–Crippen MR) is 122 cm³/mol. The van der Waals surface area contributed by atoms with Gasteiger partial charge in [-0.25, -0.2) is 17.6 Å². The number of aromatic nitrogens is 5. The molecule has 1 saturated heterocycles. The Morgan fingerprint density at radius 3 is 2.64 bits per heavy atom. The number of H-pyrrole nitrogens is 1. The number of sulfonamides is 1. The average Bonchev–Trinajstić information content (AvgIpc) is 3.53. The van der Waals surface area contributed by atoms with Gasteiger partial charge in [0, 0.05) is 32.4 Å². The third-order valence-electron chi connectivity index (χ3n) is 5.50. The first-order valence-corrected chi connectivity index (χ1v) is 12.6. The van der Waals surface area contributed by atoms with Gasteiger partial charge in [-0.1, -0.05) is 11.6 Å². The molecule has 1 amide bonds. The molecular formula is C19H18ClN7O4S2. The number of halogens is 1. The van der Waals surface area contributed by atoms with E-state index in [1.807, 2.05) is 0 Å². The molecule has 0 aromatic carbocycles. The summed E-state index contributed by atoms with van der Waals surface area (Å²) < 4.78 is 30.4. The highest BCUT2D eigenvalue weighted by Gasteiger charge is 2.32. The van der Waals surface area contributed by atoms with Gasteiger partial charge in [-0.2, -0.15) is 9.40 Å². The molecule has 5 heterocycles. The van der Waals surface area contributed by atoms with Crippen LogP contribution in [-0.4, -0.2) is 74.1 Å². The van der Waals surface area contributed by atoms with Crippen molar-refractivity contribution in [3.63, 3.8) is 0 Å².